The Kier molecular flexibility index (Phi) is 5.49. The molecule has 1 aliphatic heterocycles. The summed E-state index contributed by atoms with van der Waals surface area (Å²) in [6.45, 7) is 0.175. The highest BCUT2D eigenvalue weighted by Crippen LogP contribution is 2.29. The molecule has 0 saturated carbocycles. The Morgan fingerprint density at radius 2 is 2.10 bits per heavy atom. The summed E-state index contributed by atoms with van der Waals surface area (Å²) in [4.78, 5) is 28.8. The number of aromatic amines is 1. The van der Waals surface area contributed by atoms with Crippen LogP contribution in [0.1, 0.15) is 22.1 Å². The quantitative estimate of drug-likeness (QED) is 0.405. The van der Waals surface area contributed by atoms with Gasteiger partial charge in [0.05, 0.1) is 37.1 Å². The Labute approximate surface area is 166 Å². The van der Waals surface area contributed by atoms with Crippen molar-refractivity contribution in [1.82, 2.24) is 25.3 Å². The molecule has 1 saturated heterocycles. The number of imidazole rings is 1. The first-order valence-electron chi connectivity index (χ1n) is 9.25. The number of benzene rings is 1. The number of nitrogens with one attached hydrogen (secondary N) is 3. The van der Waals surface area contributed by atoms with Gasteiger partial charge in [0, 0.05) is 19.2 Å². The summed E-state index contributed by atoms with van der Waals surface area (Å²) in [5.74, 6) is -0.0319. The zero-order valence-corrected chi connectivity index (χ0v) is 15.7. The van der Waals surface area contributed by atoms with E-state index in [-0.39, 0.29) is 12.5 Å². The van der Waals surface area contributed by atoms with Gasteiger partial charge in [-0.15, -0.1) is 0 Å². The van der Waals surface area contributed by atoms with E-state index in [0.29, 0.717) is 34.9 Å². The molecule has 152 valence electrons. The third-order valence-corrected chi connectivity index (χ3v) is 5.12. The molecule has 0 bridgehead atoms. The van der Waals surface area contributed by atoms with E-state index in [9.17, 15) is 15.0 Å². The lowest BCUT2D eigenvalue weighted by molar-refractivity contribution is -0.0721. The summed E-state index contributed by atoms with van der Waals surface area (Å²) in [7, 11) is 1.49. The van der Waals surface area contributed by atoms with Crippen molar-refractivity contribution < 1.29 is 19.7 Å². The number of hydrogen-bond acceptors (Lipinski definition) is 8. The molecule has 29 heavy (non-hydrogen) atoms. The second kappa shape index (κ2) is 8.21. The highest BCUT2D eigenvalue weighted by Gasteiger charge is 2.40. The van der Waals surface area contributed by atoms with E-state index in [1.54, 1.807) is 24.3 Å². The maximum absolute atomic E-state index is 12.6. The molecular weight excluding hydrogens is 376 g/mol. The summed E-state index contributed by atoms with van der Waals surface area (Å²) in [6.07, 6.45) is -0.0859. The first kappa shape index (κ1) is 19.4. The predicted molar refractivity (Wildman–Crippen MR) is 105 cm³/mol. The molecule has 1 aliphatic rings. The number of piperidine rings is 1. The van der Waals surface area contributed by atoms with Gasteiger partial charge >= 0.3 is 0 Å². The van der Waals surface area contributed by atoms with Gasteiger partial charge in [-0.05, 0) is 12.1 Å². The molecule has 4 rings (SSSR count). The second-order valence-electron chi connectivity index (χ2n) is 6.85. The van der Waals surface area contributed by atoms with Gasteiger partial charge in [-0.2, -0.15) is 0 Å². The Bertz CT molecular complexity index is 995. The molecule has 0 spiro atoms. The Morgan fingerprint density at radius 3 is 2.83 bits per heavy atom. The van der Waals surface area contributed by atoms with Crippen molar-refractivity contribution in [2.75, 3.05) is 25.6 Å². The molecule has 3 aromatic rings. The maximum atomic E-state index is 12.6. The van der Waals surface area contributed by atoms with E-state index in [1.807, 2.05) is 6.07 Å². The molecule has 2 aromatic heterocycles. The van der Waals surface area contributed by atoms with Crippen LogP contribution in [0.4, 0.5) is 5.82 Å². The smallest absolute Gasteiger partial charge is 0.256 e. The van der Waals surface area contributed by atoms with Crippen LogP contribution >= 0.6 is 0 Å². The van der Waals surface area contributed by atoms with Crippen LogP contribution < -0.4 is 10.6 Å². The first-order valence-corrected chi connectivity index (χ1v) is 9.25. The number of carbonyl (C=O) groups is 1. The lowest BCUT2D eigenvalue weighted by Crippen LogP contribution is -2.58. The summed E-state index contributed by atoms with van der Waals surface area (Å²) in [5.41, 5.74) is 1.40. The summed E-state index contributed by atoms with van der Waals surface area (Å²) >= 11 is 0. The number of H-pyrrole nitrogens is 1. The van der Waals surface area contributed by atoms with Crippen molar-refractivity contribution in [2.24, 2.45) is 0 Å². The van der Waals surface area contributed by atoms with Crippen LogP contribution in [0.15, 0.2) is 36.7 Å². The van der Waals surface area contributed by atoms with Gasteiger partial charge in [-0.3, -0.25) is 4.79 Å². The van der Waals surface area contributed by atoms with E-state index >= 15 is 0 Å². The lowest BCUT2D eigenvalue weighted by Gasteiger charge is -2.38. The van der Waals surface area contributed by atoms with E-state index < -0.39 is 24.2 Å². The van der Waals surface area contributed by atoms with Gasteiger partial charge in [0.15, 0.2) is 11.5 Å². The Balaban J connectivity index is 1.68. The normalized spacial score (nSPS) is 24.5. The summed E-state index contributed by atoms with van der Waals surface area (Å²) < 4.78 is 5.49. The van der Waals surface area contributed by atoms with Crippen LogP contribution in [0.25, 0.3) is 11.2 Å². The number of aromatic nitrogens is 4. The number of rotatable bonds is 5. The standard InChI is InChI=1S/C19H22N6O4/c1-29-15-11(7-20-12(8-26)14(15)27)16-23-17-13(21-9-22-17)18(24-16)25-19(28)10-5-3-2-4-6-10/h2-6,9,11-12,14-15,20,26-27H,7-8H2,1H3,(H2,21,22,23,24,25,28)/t11-,12+,14+,15+/m0/s1. The second-order valence-corrected chi connectivity index (χ2v) is 6.85. The largest absolute Gasteiger partial charge is 0.395 e. The average Bonchev–Trinajstić information content (AvgIpc) is 3.23. The maximum Gasteiger partial charge on any atom is 0.256 e. The number of hydrogen-bond donors (Lipinski definition) is 5. The zero-order valence-electron chi connectivity index (χ0n) is 15.7. The van der Waals surface area contributed by atoms with Crippen molar-refractivity contribution >= 4 is 22.9 Å². The van der Waals surface area contributed by atoms with Crippen molar-refractivity contribution in [3.8, 4) is 0 Å². The van der Waals surface area contributed by atoms with Crippen LogP contribution in [-0.4, -0.2) is 74.6 Å². The SMILES string of the molecule is CO[C@H]1[C@H](O)[C@@H](CO)NC[C@@H]1c1nc(NC(=O)c2ccccc2)c2[nH]cnc2n1. The Hall–Kier alpha value is -2.92. The summed E-state index contributed by atoms with van der Waals surface area (Å²) in [6, 6.07) is 8.31. The number of nitrogens with zero attached hydrogens (tertiary/aromatic N) is 3. The molecular formula is C19H22N6O4. The number of anilines is 1. The molecule has 0 radical (unpaired) electrons. The van der Waals surface area contributed by atoms with Gasteiger partial charge in [0.1, 0.15) is 11.3 Å². The van der Waals surface area contributed by atoms with Crippen LogP contribution in [0.5, 0.6) is 0 Å². The van der Waals surface area contributed by atoms with Crippen LogP contribution in [0.2, 0.25) is 0 Å². The number of amides is 1. The number of aliphatic hydroxyl groups is 2. The van der Waals surface area contributed by atoms with Crippen LogP contribution in [0, 0.1) is 0 Å². The lowest BCUT2D eigenvalue weighted by atomic mass is 9.88. The first-order chi connectivity index (χ1) is 14.1. The minimum Gasteiger partial charge on any atom is -0.395 e. The fraction of sp³-hybridized carbons (Fsp3) is 0.368. The summed E-state index contributed by atoms with van der Waals surface area (Å²) in [5, 5.41) is 25.8. The molecule has 3 heterocycles. The minimum atomic E-state index is -0.940. The number of ether oxygens (including phenoxy) is 1. The molecule has 1 amide bonds. The molecule has 1 fully saturated rings. The zero-order chi connectivity index (χ0) is 20.4. The van der Waals surface area contributed by atoms with Gasteiger partial charge < -0.3 is 30.6 Å². The third-order valence-electron chi connectivity index (χ3n) is 5.12. The van der Waals surface area contributed by atoms with E-state index in [4.69, 9.17) is 4.74 Å². The number of methoxy groups -OCH3 is 1. The van der Waals surface area contributed by atoms with Gasteiger partial charge in [-0.1, -0.05) is 18.2 Å². The molecule has 0 unspecified atom stereocenters. The average molecular weight is 398 g/mol. The molecule has 5 N–H and O–H groups in total. The highest BCUT2D eigenvalue weighted by atomic mass is 16.5. The Morgan fingerprint density at radius 1 is 1.31 bits per heavy atom. The van der Waals surface area contributed by atoms with E-state index in [0.717, 1.165) is 0 Å². The molecule has 10 heteroatoms. The highest BCUT2D eigenvalue weighted by molar-refractivity contribution is 6.06. The fourth-order valence-electron chi connectivity index (χ4n) is 3.57. The van der Waals surface area contributed by atoms with E-state index in [2.05, 4.69) is 30.6 Å². The van der Waals surface area contributed by atoms with E-state index in [1.165, 1.54) is 13.4 Å². The number of aliphatic hydroxyl groups excluding tert-OH is 2. The van der Waals surface area contributed by atoms with Gasteiger partial charge in [-0.25, -0.2) is 15.0 Å². The number of fused-ring (bicyclic) bond motifs is 1. The molecule has 0 aliphatic carbocycles. The monoisotopic (exact) mass is 398 g/mol. The van der Waals surface area contributed by atoms with Crippen molar-refractivity contribution in [3.63, 3.8) is 0 Å². The van der Waals surface area contributed by atoms with Gasteiger partial charge in [0.2, 0.25) is 0 Å². The van der Waals surface area contributed by atoms with Crippen molar-refractivity contribution in [3.05, 3.63) is 48.0 Å². The topological polar surface area (TPSA) is 145 Å². The van der Waals surface area contributed by atoms with Crippen molar-refractivity contribution in [1.29, 1.82) is 0 Å². The fourth-order valence-corrected chi connectivity index (χ4v) is 3.57. The predicted octanol–water partition coefficient (Wildman–Crippen LogP) is 0.0288. The molecule has 1 aromatic carbocycles. The minimum absolute atomic E-state index is 0.217. The van der Waals surface area contributed by atoms with Crippen molar-refractivity contribution in [2.45, 2.75) is 24.2 Å². The molecule has 4 atom stereocenters. The van der Waals surface area contributed by atoms with Crippen LogP contribution in [0.3, 0.4) is 0 Å². The molecule has 10 nitrogen and oxygen atoms in total. The number of carbonyl (C=O) groups excluding carboxylic acids is 1. The van der Waals surface area contributed by atoms with Crippen LogP contribution in [-0.2, 0) is 4.74 Å². The third kappa shape index (κ3) is 3.70. The van der Waals surface area contributed by atoms with Gasteiger partial charge in [0.25, 0.3) is 5.91 Å².